The average molecular weight is 446 g/mol. The Morgan fingerprint density at radius 1 is 1.07 bits per heavy atom. The van der Waals surface area contributed by atoms with Gasteiger partial charge < -0.3 is 14.7 Å². The van der Waals surface area contributed by atoms with Gasteiger partial charge >= 0.3 is 0 Å². The second-order valence-electron chi connectivity index (χ2n) is 7.51. The maximum Gasteiger partial charge on any atom is 0.172 e. The molecule has 28 heavy (non-hydrogen) atoms. The quantitative estimate of drug-likeness (QED) is 0.736. The lowest BCUT2D eigenvalue weighted by Crippen LogP contribution is -2.39. The number of methoxy groups -OCH3 is 1. The van der Waals surface area contributed by atoms with Crippen molar-refractivity contribution >= 4 is 27.5 Å². The molecule has 1 N–H and O–H groups in total. The van der Waals surface area contributed by atoms with Crippen molar-refractivity contribution in [1.29, 1.82) is 0 Å². The van der Waals surface area contributed by atoms with Gasteiger partial charge in [0.1, 0.15) is 0 Å². The average Bonchev–Trinajstić information content (AvgIpc) is 2.69. The minimum atomic E-state index is -0.390. The van der Waals surface area contributed by atoms with Crippen LogP contribution in [0.15, 0.2) is 39.1 Å². The van der Waals surface area contributed by atoms with Crippen molar-refractivity contribution < 1.29 is 19.4 Å². The molecule has 148 valence electrons. The van der Waals surface area contributed by atoms with Gasteiger partial charge in [-0.1, -0.05) is 0 Å². The molecule has 2 aliphatic carbocycles. The standard InChI is InChI=1S/C22H24BrNO4/c1-3-24-14-6-4-8-16(25)20(14)19(21-15(24)7-5-9-17(21)26)12-10-13(23)22(27)18(11-12)28-2/h10-11,19,27H,3-9H2,1-2H3. The SMILES string of the molecule is CCN1C2=C(C(=O)CCC2)C(c2cc(Br)c(O)c(OC)c2)C2=C1CCCC2=O. The van der Waals surface area contributed by atoms with Crippen molar-refractivity contribution in [2.24, 2.45) is 0 Å². The molecule has 6 heteroatoms. The molecule has 0 saturated heterocycles. The molecule has 1 aromatic rings. The van der Waals surface area contributed by atoms with Crippen LogP contribution in [0.2, 0.25) is 0 Å². The topological polar surface area (TPSA) is 66.8 Å². The second kappa shape index (κ2) is 7.39. The van der Waals surface area contributed by atoms with Gasteiger partial charge in [0.2, 0.25) is 0 Å². The lowest BCUT2D eigenvalue weighted by atomic mass is 9.71. The first-order valence-electron chi connectivity index (χ1n) is 9.84. The minimum absolute atomic E-state index is 0.0191. The van der Waals surface area contributed by atoms with Crippen molar-refractivity contribution in [2.75, 3.05) is 13.7 Å². The normalized spacial score (nSPS) is 20.5. The van der Waals surface area contributed by atoms with Crippen LogP contribution in [0.4, 0.5) is 0 Å². The predicted octanol–water partition coefficient (Wildman–Crippen LogP) is 4.60. The molecule has 3 aliphatic rings. The monoisotopic (exact) mass is 445 g/mol. The highest BCUT2D eigenvalue weighted by molar-refractivity contribution is 9.10. The van der Waals surface area contributed by atoms with Crippen LogP contribution < -0.4 is 4.74 Å². The summed E-state index contributed by atoms with van der Waals surface area (Å²) < 4.78 is 5.83. The fraction of sp³-hybridized carbons (Fsp3) is 0.455. The molecule has 0 amide bonds. The molecular formula is C22H24BrNO4. The molecule has 4 rings (SSSR count). The van der Waals surface area contributed by atoms with E-state index in [1.807, 2.05) is 6.07 Å². The van der Waals surface area contributed by atoms with Gasteiger partial charge in [0, 0.05) is 47.8 Å². The number of halogens is 1. The molecule has 0 atom stereocenters. The predicted molar refractivity (Wildman–Crippen MR) is 109 cm³/mol. The van der Waals surface area contributed by atoms with E-state index in [1.165, 1.54) is 7.11 Å². The Morgan fingerprint density at radius 2 is 1.64 bits per heavy atom. The summed E-state index contributed by atoms with van der Waals surface area (Å²) in [6.45, 7) is 2.83. The van der Waals surface area contributed by atoms with Crippen LogP contribution in [0.5, 0.6) is 11.5 Å². The Hall–Kier alpha value is -2.08. The number of phenols is 1. The Labute approximate surface area is 173 Å². The van der Waals surface area contributed by atoms with Gasteiger partial charge in [-0.25, -0.2) is 0 Å². The van der Waals surface area contributed by atoms with Crippen LogP contribution in [0.3, 0.4) is 0 Å². The fourth-order valence-corrected chi connectivity index (χ4v) is 5.31. The molecule has 5 nitrogen and oxygen atoms in total. The first-order valence-corrected chi connectivity index (χ1v) is 10.6. The molecule has 0 unspecified atom stereocenters. The molecule has 0 saturated carbocycles. The fourth-order valence-electron chi connectivity index (χ4n) is 4.85. The van der Waals surface area contributed by atoms with E-state index >= 15 is 0 Å². The van der Waals surface area contributed by atoms with Crippen LogP contribution in [0.25, 0.3) is 0 Å². The lowest BCUT2D eigenvalue weighted by molar-refractivity contribution is -0.117. The third-order valence-electron chi connectivity index (χ3n) is 6.01. The first-order chi connectivity index (χ1) is 13.5. The van der Waals surface area contributed by atoms with E-state index in [1.54, 1.807) is 6.07 Å². The van der Waals surface area contributed by atoms with Gasteiger partial charge in [0.05, 0.1) is 11.6 Å². The van der Waals surface area contributed by atoms with Gasteiger partial charge in [0.25, 0.3) is 0 Å². The summed E-state index contributed by atoms with van der Waals surface area (Å²) in [5.41, 5.74) is 4.45. The van der Waals surface area contributed by atoms with Crippen molar-refractivity contribution in [3.8, 4) is 11.5 Å². The summed E-state index contributed by atoms with van der Waals surface area (Å²) in [5, 5.41) is 10.2. The zero-order chi connectivity index (χ0) is 20.0. The molecule has 0 radical (unpaired) electrons. The molecule has 1 heterocycles. The first kappa shape index (κ1) is 19.2. The number of rotatable bonds is 3. The Kier molecular flexibility index (Phi) is 5.08. The highest BCUT2D eigenvalue weighted by Gasteiger charge is 2.43. The highest BCUT2D eigenvalue weighted by atomic mass is 79.9. The number of ketones is 2. The number of Topliss-reactive ketones (excluding diaryl/α,β-unsaturated/α-hetero) is 2. The van der Waals surface area contributed by atoms with Crippen molar-refractivity contribution in [3.63, 3.8) is 0 Å². The summed E-state index contributed by atoms with van der Waals surface area (Å²) in [6, 6.07) is 3.56. The Balaban J connectivity index is 1.99. The minimum Gasteiger partial charge on any atom is -0.503 e. The molecule has 0 bridgehead atoms. The smallest absolute Gasteiger partial charge is 0.172 e. The van der Waals surface area contributed by atoms with E-state index in [0.717, 1.165) is 60.3 Å². The summed E-state index contributed by atoms with van der Waals surface area (Å²) >= 11 is 3.39. The number of hydrogen-bond donors (Lipinski definition) is 1. The van der Waals surface area contributed by atoms with Gasteiger partial charge in [-0.3, -0.25) is 9.59 Å². The van der Waals surface area contributed by atoms with E-state index < -0.39 is 0 Å². The number of carbonyl (C=O) groups excluding carboxylic acids is 2. The molecule has 0 fully saturated rings. The maximum absolute atomic E-state index is 13.1. The number of benzene rings is 1. The summed E-state index contributed by atoms with van der Waals surface area (Å²) in [6.07, 6.45) is 4.43. The van der Waals surface area contributed by atoms with Crippen LogP contribution >= 0.6 is 15.9 Å². The highest BCUT2D eigenvalue weighted by Crippen LogP contribution is 2.50. The molecular weight excluding hydrogens is 422 g/mol. The van der Waals surface area contributed by atoms with Crippen molar-refractivity contribution in [3.05, 3.63) is 44.7 Å². The van der Waals surface area contributed by atoms with Gasteiger partial charge in [-0.2, -0.15) is 0 Å². The third-order valence-corrected chi connectivity index (χ3v) is 6.61. The van der Waals surface area contributed by atoms with E-state index in [2.05, 4.69) is 27.8 Å². The van der Waals surface area contributed by atoms with Gasteiger partial charge in [0.15, 0.2) is 23.1 Å². The number of nitrogens with zero attached hydrogens (tertiary/aromatic N) is 1. The van der Waals surface area contributed by atoms with E-state index in [9.17, 15) is 14.7 Å². The van der Waals surface area contributed by atoms with Crippen LogP contribution in [-0.2, 0) is 9.59 Å². The molecule has 1 aromatic carbocycles. The number of carbonyl (C=O) groups is 2. The Morgan fingerprint density at radius 3 is 2.14 bits per heavy atom. The van der Waals surface area contributed by atoms with E-state index in [-0.39, 0.29) is 23.2 Å². The lowest BCUT2D eigenvalue weighted by Gasteiger charge is -2.43. The number of allylic oxidation sites excluding steroid dienone is 4. The third kappa shape index (κ3) is 2.89. The van der Waals surface area contributed by atoms with Crippen molar-refractivity contribution in [2.45, 2.75) is 51.4 Å². The van der Waals surface area contributed by atoms with Crippen LogP contribution in [-0.4, -0.2) is 35.2 Å². The summed E-state index contributed by atoms with van der Waals surface area (Å²) in [4.78, 5) is 28.3. The summed E-state index contributed by atoms with van der Waals surface area (Å²) in [5.74, 6) is 0.207. The van der Waals surface area contributed by atoms with Crippen molar-refractivity contribution in [1.82, 2.24) is 4.90 Å². The molecule has 0 aromatic heterocycles. The molecule has 0 spiro atoms. The summed E-state index contributed by atoms with van der Waals surface area (Å²) in [7, 11) is 1.50. The van der Waals surface area contributed by atoms with E-state index in [4.69, 9.17) is 4.74 Å². The number of hydrogen-bond acceptors (Lipinski definition) is 5. The number of ether oxygens (including phenoxy) is 1. The van der Waals surface area contributed by atoms with E-state index in [0.29, 0.717) is 23.1 Å². The largest absolute Gasteiger partial charge is 0.503 e. The zero-order valence-electron chi connectivity index (χ0n) is 16.2. The van der Waals surface area contributed by atoms with Gasteiger partial charge in [-0.05, 0) is 66.2 Å². The number of phenolic OH excluding ortho intramolecular Hbond substituents is 1. The van der Waals surface area contributed by atoms with Crippen LogP contribution in [0, 0.1) is 0 Å². The number of aromatic hydroxyl groups is 1. The second-order valence-corrected chi connectivity index (χ2v) is 8.36. The van der Waals surface area contributed by atoms with Crippen LogP contribution in [0.1, 0.15) is 56.9 Å². The molecule has 1 aliphatic heterocycles. The Bertz CT molecular complexity index is 887. The maximum atomic E-state index is 13.1. The van der Waals surface area contributed by atoms with Gasteiger partial charge in [-0.15, -0.1) is 0 Å². The zero-order valence-corrected chi connectivity index (χ0v) is 17.8.